The van der Waals surface area contributed by atoms with Crippen molar-refractivity contribution in [1.29, 1.82) is 0 Å². The summed E-state index contributed by atoms with van der Waals surface area (Å²) in [6.07, 6.45) is -0.355. The highest BCUT2D eigenvalue weighted by molar-refractivity contribution is 8.01. The van der Waals surface area contributed by atoms with Gasteiger partial charge in [-0.25, -0.2) is 9.78 Å². The zero-order valence-electron chi connectivity index (χ0n) is 14.5. The summed E-state index contributed by atoms with van der Waals surface area (Å²) in [6.45, 7) is 3.58. The van der Waals surface area contributed by atoms with Gasteiger partial charge in [-0.05, 0) is 13.8 Å². The summed E-state index contributed by atoms with van der Waals surface area (Å²) in [7, 11) is 0. The van der Waals surface area contributed by atoms with E-state index in [4.69, 9.17) is 9.57 Å². The number of cyclic esters (lactones) is 1. The van der Waals surface area contributed by atoms with Gasteiger partial charge >= 0.3 is 17.7 Å². The van der Waals surface area contributed by atoms with Crippen LogP contribution in [-0.4, -0.2) is 63.0 Å². The largest absolute Gasteiger partial charge is 0.477 e. The first-order valence-corrected chi connectivity index (χ1v) is 9.81. The highest BCUT2D eigenvalue weighted by atomic mass is 32.2. The van der Waals surface area contributed by atoms with Gasteiger partial charge < -0.3 is 15.2 Å². The predicted molar refractivity (Wildman–Crippen MR) is 92.7 cm³/mol. The number of nitrogens with one attached hydrogen (secondary N) is 1. The molecular formula is C15H17N3O7S2. The van der Waals surface area contributed by atoms with E-state index in [1.807, 2.05) is 13.8 Å². The van der Waals surface area contributed by atoms with Gasteiger partial charge in [-0.1, -0.05) is 11.8 Å². The molecule has 0 radical (unpaired) electrons. The molecule has 3 heterocycles. The van der Waals surface area contributed by atoms with Gasteiger partial charge in [0.05, 0.1) is 17.9 Å². The van der Waals surface area contributed by atoms with Crippen molar-refractivity contribution in [2.24, 2.45) is 0 Å². The molecule has 10 nitrogen and oxygen atoms in total. The number of rotatable bonds is 6. The standard InChI is InChI=1S/C15H17N3O7S2/c1-7-8(2)27-14(16-7)26-6-10(19)17-9-5-24-18(12(9)21)15(13(22)23)4-3-11(20)25-15/h9H,3-6H2,1-2H3,(H,17,19)(H,22,23)/t9-,15?/m0/s1. The summed E-state index contributed by atoms with van der Waals surface area (Å²) >= 11 is 2.72. The number of aromatic nitrogens is 1. The van der Waals surface area contributed by atoms with E-state index in [-0.39, 0.29) is 25.2 Å². The lowest BCUT2D eigenvalue weighted by molar-refractivity contribution is -0.256. The number of ether oxygens (including phenoxy) is 1. The first kappa shape index (κ1) is 19.6. The van der Waals surface area contributed by atoms with E-state index < -0.39 is 35.5 Å². The number of hydroxylamine groups is 2. The number of hydrogen-bond donors (Lipinski definition) is 2. The molecule has 2 saturated heterocycles. The molecule has 1 unspecified atom stereocenters. The zero-order valence-corrected chi connectivity index (χ0v) is 16.1. The average Bonchev–Trinajstić information content (AvgIpc) is 3.26. The van der Waals surface area contributed by atoms with Gasteiger partial charge in [0, 0.05) is 11.3 Å². The first-order valence-electron chi connectivity index (χ1n) is 8.01. The zero-order chi connectivity index (χ0) is 19.8. The molecule has 1 aromatic heterocycles. The van der Waals surface area contributed by atoms with Crippen molar-refractivity contribution in [3.05, 3.63) is 10.6 Å². The molecule has 1 aromatic rings. The molecule has 0 aliphatic carbocycles. The quantitative estimate of drug-likeness (QED) is 0.494. The molecule has 0 aromatic carbocycles. The number of hydrogen-bond acceptors (Lipinski definition) is 9. The Morgan fingerprint density at radius 1 is 1.44 bits per heavy atom. The molecule has 2 aliphatic rings. The summed E-state index contributed by atoms with van der Waals surface area (Å²) in [4.78, 5) is 58.1. The maximum atomic E-state index is 12.5. The smallest absolute Gasteiger partial charge is 0.372 e. The molecule has 0 spiro atoms. The summed E-state index contributed by atoms with van der Waals surface area (Å²) in [5, 5.41) is 12.5. The van der Waals surface area contributed by atoms with Gasteiger partial charge in [0.25, 0.3) is 5.91 Å². The van der Waals surface area contributed by atoms with Crippen LogP contribution in [-0.2, 0) is 28.8 Å². The average molecular weight is 415 g/mol. The van der Waals surface area contributed by atoms with Crippen molar-refractivity contribution in [3.63, 3.8) is 0 Å². The third-order valence-corrected chi connectivity index (χ3v) is 6.37. The first-order chi connectivity index (χ1) is 12.7. The number of carboxylic acids is 1. The fourth-order valence-electron chi connectivity index (χ4n) is 2.62. The minimum absolute atomic E-state index is 0.0508. The topological polar surface area (TPSA) is 135 Å². The van der Waals surface area contributed by atoms with Crippen LogP contribution in [0.15, 0.2) is 4.34 Å². The Morgan fingerprint density at radius 2 is 2.19 bits per heavy atom. The molecule has 0 bridgehead atoms. The second-order valence-electron chi connectivity index (χ2n) is 6.02. The number of aliphatic carboxylic acids is 1. The molecule has 3 rings (SSSR count). The van der Waals surface area contributed by atoms with E-state index in [1.165, 1.54) is 23.1 Å². The fraction of sp³-hybridized carbons (Fsp3) is 0.533. The van der Waals surface area contributed by atoms with Crippen LogP contribution < -0.4 is 5.32 Å². The number of esters is 1. The number of carbonyl (C=O) groups excluding carboxylic acids is 3. The summed E-state index contributed by atoms with van der Waals surface area (Å²) in [5.41, 5.74) is -1.28. The maximum absolute atomic E-state index is 12.5. The van der Waals surface area contributed by atoms with Crippen LogP contribution in [0.4, 0.5) is 0 Å². The van der Waals surface area contributed by atoms with E-state index in [0.29, 0.717) is 5.06 Å². The minimum atomic E-state index is -2.18. The Morgan fingerprint density at radius 3 is 2.74 bits per heavy atom. The van der Waals surface area contributed by atoms with Crippen molar-refractivity contribution < 1.29 is 33.9 Å². The normalized spacial score (nSPS) is 25.0. The van der Waals surface area contributed by atoms with E-state index in [1.54, 1.807) is 0 Å². The number of carboxylic acid groups (broad SMARTS) is 1. The Kier molecular flexibility index (Phi) is 5.40. The maximum Gasteiger partial charge on any atom is 0.372 e. The molecule has 27 heavy (non-hydrogen) atoms. The van der Waals surface area contributed by atoms with E-state index in [2.05, 4.69) is 10.3 Å². The number of thioether (sulfide) groups is 1. The summed E-state index contributed by atoms with van der Waals surface area (Å²) in [6, 6.07) is -1.05. The van der Waals surface area contributed by atoms with Crippen LogP contribution in [0.5, 0.6) is 0 Å². The highest BCUT2D eigenvalue weighted by Gasteiger charge is 2.59. The Bertz CT molecular complexity index is 792. The third kappa shape index (κ3) is 3.77. The van der Waals surface area contributed by atoms with Crippen LogP contribution in [0.1, 0.15) is 23.4 Å². The van der Waals surface area contributed by atoms with Gasteiger partial charge in [0.2, 0.25) is 5.91 Å². The lowest BCUT2D eigenvalue weighted by atomic mass is 10.1. The van der Waals surface area contributed by atoms with Crippen LogP contribution >= 0.6 is 23.1 Å². The van der Waals surface area contributed by atoms with Crippen LogP contribution in [0.25, 0.3) is 0 Å². The van der Waals surface area contributed by atoms with Crippen LogP contribution in [0.3, 0.4) is 0 Å². The third-order valence-electron chi connectivity index (χ3n) is 4.15. The summed E-state index contributed by atoms with van der Waals surface area (Å²) in [5.74, 6) is -3.37. The van der Waals surface area contributed by atoms with Crippen LogP contribution in [0, 0.1) is 13.8 Å². The van der Waals surface area contributed by atoms with Crippen molar-refractivity contribution in [1.82, 2.24) is 15.4 Å². The molecule has 2 N–H and O–H groups in total. The molecule has 2 aliphatic heterocycles. The van der Waals surface area contributed by atoms with Crippen molar-refractivity contribution in [2.45, 2.75) is 42.8 Å². The number of aryl methyl sites for hydroxylation is 2. The lowest BCUT2D eigenvalue weighted by Gasteiger charge is -2.30. The Hall–Kier alpha value is -2.18. The Balaban J connectivity index is 1.59. The minimum Gasteiger partial charge on any atom is -0.477 e. The summed E-state index contributed by atoms with van der Waals surface area (Å²) < 4.78 is 5.60. The number of amides is 2. The van der Waals surface area contributed by atoms with Gasteiger partial charge in [-0.2, -0.15) is 5.06 Å². The number of thiazole rings is 1. The van der Waals surface area contributed by atoms with Crippen molar-refractivity contribution in [2.75, 3.05) is 12.4 Å². The molecule has 146 valence electrons. The molecule has 2 fully saturated rings. The lowest BCUT2D eigenvalue weighted by Crippen LogP contribution is -2.56. The monoisotopic (exact) mass is 415 g/mol. The number of carbonyl (C=O) groups is 4. The van der Waals surface area contributed by atoms with E-state index in [0.717, 1.165) is 14.9 Å². The highest BCUT2D eigenvalue weighted by Crippen LogP contribution is 2.34. The van der Waals surface area contributed by atoms with Crippen molar-refractivity contribution >= 4 is 46.9 Å². The second-order valence-corrected chi connectivity index (χ2v) is 8.45. The van der Waals surface area contributed by atoms with E-state index >= 15 is 0 Å². The van der Waals surface area contributed by atoms with E-state index in [9.17, 15) is 24.3 Å². The number of nitrogens with zero attached hydrogens (tertiary/aromatic N) is 2. The molecule has 2 amide bonds. The van der Waals surface area contributed by atoms with Gasteiger partial charge in [0.15, 0.2) is 4.34 Å². The molecule has 0 saturated carbocycles. The van der Waals surface area contributed by atoms with Gasteiger partial charge in [-0.15, -0.1) is 11.3 Å². The van der Waals surface area contributed by atoms with Crippen molar-refractivity contribution in [3.8, 4) is 0 Å². The van der Waals surface area contributed by atoms with Gasteiger partial charge in [-0.3, -0.25) is 19.2 Å². The SMILES string of the molecule is Cc1nc(SCC(=O)N[C@H]2CON(C3(C(=O)O)CCC(=O)O3)C2=O)sc1C. The predicted octanol–water partition coefficient (Wildman–Crippen LogP) is 0.229. The van der Waals surface area contributed by atoms with Crippen LogP contribution in [0.2, 0.25) is 0 Å². The molecule has 2 atom stereocenters. The Labute approximate surface area is 162 Å². The van der Waals surface area contributed by atoms with Gasteiger partial charge in [0.1, 0.15) is 12.6 Å². The fourth-order valence-corrected chi connectivity index (χ4v) is 4.59. The molecular weight excluding hydrogens is 398 g/mol. The molecule has 12 heteroatoms. The second kappa shape index (κ2) is 7.44.